The van der Waals surface area contributed by atoms with Crippen LogP contribution in [0.15, 0.2) is 18.2 Å². The Bertz CT molecular complexity index is 462. The molecule has 0 bridgehead atoms. The average Bonchev–Trinajstić information content (AvgIpc) is 2.35. The van der Waals surface area contributed by atoms with Crippen molar-refractivity contribution in [1.82, 2.24) is 5.32 Å². The second-order valence-corrected chi connectivity index (χ2v) is 5.01. The maximum Gasteiger partial charge on any atom is 0.313 e. The van der Waals surface area contributed by atoms with Crippen molar-refractivity contribution in [3.8, 4) is 5.75 Å². The van der Waals surface area contributed by atoms with Gasteiger partial charge in [0.05, 0.1) is 18.6 Å². The van der Waals surface area contributed by atoms with Crippen molar-refractivity contribution in [3.05, 3.63) is 29.3 Å². The Kier molecular flexibility index (Phi) is 6.21. The third-order valence-electron chi connectivity index (χ3n) is 2.29. The molecule has 1 aromatic carbocycles. The van der Waals surface area contributed by atoms with E-state index in [0.29, 0.717) is 6.54 Å². The van der Waals surface area contributed by atoms with Crippen LogP contribution < -0.4 is 10.1 Å². The molecular formula is C13H17NO4S. The lowest BCUT2D eigenvalue weighted by atomic mass is 10.1. The lowest BCUT2D eigenvalue weighted by Gasteiger charge is -2.08. The minimum atomic E-state index is -0.916. The highest BCUT2D eigenvalue weighted by Crippen LogP contribution is 2.16. The van der Waals surface area contributed by atoms with Crippen molar-refractivity contribution in [2.24, 2.45) is 0 Å². The van der Waals surface area contributed by atoms with Gasteiger partial charge in [-0.05, 0) is 30.2 Å². The number of aliphatic carboxylic acids is 1. The fourth-order valence-corrected chi connectivity index (χ4v) is 2.09. The quantitative estimate of drug-likeness (QED) is 0.792. The smallest absolute Gasteiger partial charge is 0.313 e. The average molecular weight is 283 g/mol. The lowest BCUT2D eigenvalue weighted by Crippen LogP contribution is -2.25. The number of hydrogen-bond donors (Lipinski definition) is 2. The Morgan fingerprint density at radius 2 is 2.05 bits per heavy atom. The van der Waals surface area contributed by atoms with Crippen LogP contribution in [0.1, 0.15) is 11.1 Å². The van der Waals surface area contributed by atoms with Gasteiger partial charge in [0.1, 0.15) is 5.75 Å². The van der Waals surface area contributed by atoms with Gasteiger partial charge >= 0.3 is 5.97 Å². The summed E-state index contributed by atoms with van der Waals surface area (Å²) in [7, 11) is 1.60. The number of methoxy groups -OCH3 is 1. The highest BCUT2D eigenvalue weighted by molar-refractivity contribution is 8.00. The number of carboxylic acid groups (broad SMARTS) is 1. The van der Waals surface area contributed by atoms with Crippen LogP contribution in [0.5, 0.6) is 5.75 Å². The highest BCUT2D eigenvalue weighted by Gasteiger charge is 2.05. The summed E-state index contributed by atoms with van der Waals surface area (Å²) in [5, 5.41) is 11.2. The van der Waals surface area contributed by atoms with Crippen LogP contribution in [-0.4, -0.2) is 35.6 Å². The normalized spacial score (nSPS) is 10.0. The van der Waals surface area contributed by atoms with E-state index in [0.717, 1.165) is 28.6 Å². The van der Waals surface area contributed by atoms with E-state index in [2.05, 4.69) is 5.32 Å². The predicted octanol–water partition coefficient (Wildman–Crippen LogP) is 1.44. The summed E-state index contributed by atoms with van der Waals surface area (Å²) < 4.78 is 5.15. The summed E-state index contributed by atoms with van der Waals surface area (Å²) in [6, 6.07) is 5.74. The van der Waals surface area contributed by atoms with Gasteiger partial charge in [-0.25, -0.2) is 0 Å². The Morgan fingerprint density at radius 1 is 1.32 bits per heavy atom. The summed E-state index contributed by atoms with van der Waals surface area (Å²) >= 11 is 1.08. The van der Waals surface area contributed by atoms with E-state index >= 15 is 0 Å². The molecule has 0 heterocycles. The Hall–Kier alpha value is -1.69. The monoisotopic (exact) mass is 283 g/mol. The number of hydrogen-bond acceptors (Lipinski definition) is 4. The molecule has 2 N–H and O–H groups in total. The zero-order valence-corrected chi connectivity index (χ0v) is 11.8. The van der Waals surface area contributed by atoms with Gasteiger partial charge in [-0.3, -0.25) is 9.59 Å². The molecule has 1 aromatic rings. The van der Waals surface area contributed by atoms with E-state index in [-0.39, 0.29) is 17.4 Å². The number of carbonyl (C=O) groups excluding carboxylic acids is 1. The van der Waals surface area contributed by atoms with Crippen molar-refractivity contribution in [3.63, 3.8) is 0 Å². The van der Waals surface area contributed by atoms with E-state index in [1.54, 1.807) is 7.11 Å². The lowest BCUT2D eigenvalue weighted by molar-refractivity contribution is -0.133. The van der Waals surface area contributed by atoms with Crippen LogP contribution in [0, 0.1) is 6.92 Å². The zero-order chi connectivity index (χ0) is 14.3. The fourth-order valence-electron chi connectivity index (χ4n) is 1.53. The first-order valence-electron chi connectivity index (χ1n) is 5.72. The molecule has 1 amide bonds. The largest absolute Gasteiger partial charge is 0.497 e. The molecule has 0 aromatic heterocycles. The van der Waals surface area contributed by atoms with Gasteiger partial charge in [-0.15, -0.1) is 11.8 Å². The van der Waals surface area contributed by atoms with Crippen LogP contribution in [0.4, 0.5) is 0 Å². The number of aryl methyl sites for hydroxylation is 1. The topological polar surface area (TPSA) is 75.6 Å². The summed E-state index contributed by atoms with van der Waals surface area (Å²) in [5.41, 5.74) is 2.01. The van der Waals surface area contributed by atoms with Gasteiger partial charge in [0, 0.05) is 6.54 Å². The van der Waals surface area contributed by atoms with Crippen molar-refractivity contribution in [2.75, 3.05) is 18.6 Å². The van der Waals surface area contributed by atoms with Gasteiger partial charge in [0.25, 0.3) is 0 Å². The summed E-state index contributed by atoms with van der Waals surface area (Å²) in [5.74, 6) is -0.251. The maximum absolute atomic E-state index is 11.5. The molecule has 0 atom stereocenters. The Balaban J connectivity index is 2.41. The molecule has 0 unspecified atom stereocenters. The zero-order valence-electron chi connectivity index (χ0n) is 10.9. The van der Waals surface area contributed by atoms with E-state index < -0.39 is 5.97 Å². The first kappa shape index (κ1) is 15.4. The van der Waals surface area contributed by atoms with Crippen LogP contribution in [0.2, 0.25) is 0 Å². The summed E-state index contributed by atoms with van der Waals surface area (Å²) in [4.78, 5) is 21.8. The maximum atomic E-state index is 11.5. The first-order valence-corrected chi connectivity index (χ1v) is 6.87. The number of amides is 1. The number of carboxylic acids is 1. The molecule has 0 aliphatic carbocycles. The molecule has 0 fully saturated rings. The SMILES string of the molecule is COc1cc(C)cc(CNC(=O)CSCC(=O)O)c1. The molecule has 0 radical (unpaired) electrons. The van der Waals surface area contributed by atoms with Crippen molar-refractivity contribution in [2.45, 2.75) is 13.5 Å². The fraction of sp³-hybridized carbons (Fsp3) is 0.385. The van der Waals surface area contributed by atoms with Crippen molar-refractivity contribution >= 4 is 23.6 Å². The molecule has 19 heavy (non-hydrogen) atoms. The van der Waals surface area contributed by atoms with E-state index in [4.69, 9.17) is 9.84 Å². The second kappa shape index (κ2) is 7.68. The number of carbonyl (C=O) groups is 2. The molecule has 0 aliphatic rings. The van der Waals surface area contributed by atoms with Gasteiger partial charge < -0.3 is 15.2 Å². The molecule has 0 saturated heterocycles. The molecular weight excluding hydrogens is 266 g/mol. The molecule has 0 aliphatic heterocycles. The number of thioether (sulfide) groups is 1. The van der Waals surface area contributed by atoms with Crippen LogP contribution in [-0.2, 0) is 16.1 Å². The standard InChI is InChI=1S/C13H17NO4S/c1-9-3-10(5-11(4-9)18-2)6-14-12(15)7-19-8-13(16)17/h3-5H,6-8H2,1-2H3,(H,14,15)(H,16,17). The summed E-state index contributed by atoms with van der Waals surface area (Å²) in [6.45, 7) is 2.36. The molecule has 104 valence electrons. The van der Waals surface area contributed by atoms with Crippen LogP contribution in [0.3, 0.4) is 0 Å². The second-order valence-electron chi connectivity index (χ2n) is 4.02. The molecule has 0 spiro atoms. The van der Waals surface area contributed by atoms with Gasteiger partial charge in [0.15, 0.2) is 0 Å². The first-order chi connectivity index (χ1) is 9.01. The molecule has 1 rings (SSSR count). The Labute approximate surface area is 116 Å². The highest BCUT2D eigenvalue weighted by atomic mass is 32.2. The van der Waals surface area contributed by atoms with Gasteiger partial charge in [0.2, 0.25) is 5.91 Å². The Morgan fingerprint density at radius 3 is 2.68 bits per heavy atom. The third-order valence-corrected chi connectivity index (χ3v) is 3.21. The third kappa shape index (κ3) is 6.15. The van der Waals surface area contributed by atoms with Gasteiger partial charge in [-0.1, -0.05) is 6.07 Å². The minimum absolute atomic E-state index is 0.0638. The summed E-state index contributed by atoms with van der Waals surface area (Å²) in [6.07, 6.45) is 0. The van der Waals surface area contributed by atoms with Crippen LogP contribution >= 0.6 is 11.8 Å². The van der Waals surface area contributed by atoms with E-state index in [1.165, 1.54) is 0 Å². The van der Waals surface area contributed by atoms with E-state index in [9.17, 15) is 9.59 Å². The minimum Gasteiger partial charge on any atom is -0.497 e. The number of nitrogens with one attached hydrogen (secondary N) is 1. The number of ether oxygens (including phenoxy) is 1. The van der Waals surface area contributed by atoms with Crippen molar-refractivity contribution < 1.29 is 19.4 Å². The van der Waals surface area contributed by atoms with Crippen LogP contribution in [0.25, 0.3) is 0 Å². The molecule has 0 saturated carbocycles. The molecule has 6 heteroatoms. The van der Waals surface area contributed by atoms with E-state index in [1.807, 2.05) is 25.1 Å². The van der Waals surface area contributed by atoms with Gasteiger partial charge in [-0.2, -0.15) is 0 Å². The predicted molar refractivity (Wildman–Crippen MR) is 74.5 cm³/mol. The number of rotatable bonds is 7. The van der Waals surface area contributed by atoms with Crippen molar-refractivity contribution in [1.29, 1.82) is 0 Å². The molecule has 5 nitrogen and oxygen atoms in total. The number of benzene rings is 1.